The Morgan fingerprint density at radius 2 is 1.47 bits per heavy atom. The third-order valence-electron chi connectivity index (χ3n) is 6.65. The first-order chi connectivity index (χ1) is 16.3. The van der Waals surface area contributed by atoms with E-state index in [9.17, 15) is 24.0 Å². The van der Waals surface area contributed by atoms with Crippen LogP contribution in [0, 0.1) is 11.8 Å². The van der Waals surface area contributed by atoms with Crippen molar-refractivity contribution in [1.82, 2.24) is 4.90 Å². The lowest BCUT2D eigenvalue weighted by molar-refractivity contribution is -0.176. The molecule has 4 atom stereocenters. The Morgan fingerprint density at radius 3 is 2.06 bits per heavy atom. The van der Waals surface area contributed by atoms with Crippen LogP contribution < -0.4 is 4.90 Å². The van der Waals surface area contributed by atoms with Gasteiger partial charge in [0.2, 0.25) is 11.8 Å². The summed E-state index contributed by atoms with van der Waals surface area (Å²) in [6, 6.07) is 16.5. The third kappa shape index (κ3) is 2.51. The minimum Gasteiger partial charge on any atom is -0.468 e. The van der Waals surface area contributed by atoms with Gasteiger partial charge in [0.15, 0.2) is 5.72 Å². The van der Waals surface area contributed by atoms with E-state index in [0.717, 1.165) is 24.0 Å². The summed E-state index contributed by atoms with van der Waals surface area (Å²) >= 11 is 0. The monoisotopic (exact) mass is 464 g/mol. The number of carbonyl (C=O) groups is 5. The highest BCUT2D eigenvalue weighted by molar-refractivity contribution is 6.28. The quantitative estimate of drug-likeness (QED) is 0.359. The Bertz CT molecular complexity index is 1220. The van der Waals surface area contributed by atoms with Crippen molar-refractivity contribution in [3.8, 4) is 0 Å². The smallest absolute Gasteiger partial charge is 0.349 e. The second-order valence-electron chi connectivity index (χ2n) is 8.16. The van der Waals surface area contributed by atoms with Gasteiger partial charge in [-0.1, -0.05) is 48.5 Å². The summed E-state index contributed by atoms with van der Waals surface area (Å²) in [6.45, 7) is -0.598. The number of esters is 2. The van der Waals surface area contributed by atoms with Gasteiger partial charge in [-0.15, -0.1) is 0 Å². The highest BCUT2D eigenvalue weighted by Gasteiger charge is 2.86. The molecule has 10 heteroatoms. The molecule has 3 aliphatic heterocycles. The van der Waals surface area contributed by atoms with E-state index >= 15 is 0 Å². The standard InChI is InChI=1S/C24H20N2O8/c1-32-16(27)13-25-21(30)23(22(31)33-2)17-18(24(25,34-23)14-9-5-3-6-10-14)20(29)26(19(17)28)15-11-7-4-8-12-15/h3-12,17-18H,13H2,1-2H3/t17-,18+,23+,24-/m1/s1. The van der Waals surface area contributed by atoms with E-state index in [1.807, 2.05) is 0 Å². The molecule has 2 bridgehead atoms. The maximum Gasteiger partial charge on any atom is 0.349 e. The Kier molecular flexibility index (Phi) is 4.80. The number of ether oxygens (including phenoxy) is 3. The van der Waals surface area contributed by atoms with Crippen molar-refractivity contribution in [1.29, 1.82) is 0 Å². The first kappa shape index (κ1) is 21.8. The fourth-order valence-electron chi connectivity index (χ4n) is 5.29. The van der Waals surface area contributed by atoms with Crippen LogP contribution in [0.5, 0.6) is 0 Å². The molecule has 0 N–H and O–H groups in total. The Labute approximate surface area is 194 Å². The Balaban J connectivity index is 1.78. The summed E-state index contributed by atoms with van der Waals surface area (Å²) in [7, 11) is 2.21. The number of benzene rings is 2. The average Bonchev–Trinajstić information content (AvgIpc) is 3.43. The van der Waals surface area contributed by atoms with Gasteiger partial charge in [-0.05, 0) is 12.1 Å². The number of hydrogen-bond donors (Lipinski definition) is 0. The summed E-state index contributed by atoms with van der Waals surface area (Å²) < 4.78 is 15.8. The van der Waals surface area contributed by atoms with Crippen LogP contribution in [-0.4, -0.2) is 60.9 Å². The SMILES string of the molecule is COC(=O)CN1C(=O)[C@@]2(C(=O)OC)O[C@]1(c1ccccc1)[C@@H]1C(=O)N(c3ccccc3)C(=O)[C@@H]12. The summed E-state index contributed by atoms with van der Waals surface area (Å²) in [5, 5.41) is 0. The molecule has 3 heterocycles. The Morgan fingerprint density at radius 1 is 0.882 bits per heavy atom. The molecule has 0 radical (unpaired) electrons. The van der Waals surface area contributed by atoms with Crippen molar-refractivity contribution in [2.24, 2.45) is 11.8 Å². The predicted molar refractivity (Wildman–Crippen MR) is 114 cm³/mol. The molecule has 2 aromatic rings. The number of methoxy groups -OCH3 is 2. The normalized spacial score (nSPS) is 29.4. The number of fused-ring (bicyclic) bond motifs is 5. The van der Waals surface area contributed by atoms with Crippen LogP contribution in [0.4, 0.5) is 5.69 Å². The molecule has 3 aliphatic rings. The zero-order valence-corrected chi connectivity index (χ0v) is 18.3. The number of likely N-dealkylation sites (tertiary alicyclic amines) is 1. The van der Waals surface area contributed by atoms with Crippen molar-refractivity contribution in [3.63, 3.8) is 0 Å². The van der Waals surface area contributed by atoms with Crippen LogP contribution in [0.2, 0.25) is 0 Å². The van der Waals surface area contributed by atoms with Crippen LogP contribution in [0.15, 0.2) is 60.7 Å². The van der Waals surface area contributed by atoms with Gasteiger partial charge in [0.25, 0.3) is 11.5 Å². The average molecular weight is 464 g/mol. The van der Waals surface area contributed by atoms with Crippen LogP contribution in [0.25, 0.3) is 0 Å². The van der Waals surface area contributed by atoms with Gasteiger partial charge in [-0.3, -0.25) is 24.1 Å². The van der Waals surface area contributed by atoms with Gasteiger partial charge in [0.05, 0.1) is 19.9 Å². The fourth-order valence-corrected chi connectivity index (χ4v) is 5.29. The molecule has 0 aliphatic carbocycles. The summed E-state index contributed by atoms with van der Waals surface area (Å²) in [5.41, 5.74) is -3.70. The number of imide groups is 1. The van der Waals surface area contributed by atoms with Crippen molar-refractivity contribution < 1.29 is 38.2 Å². The van der Waals surface area contributed by atoms with E-state index in [1.54, 1.807) is 60.7 Å². The van der Waals surface area contributed by atoms with E-state index < -0.39 is 59.4 Å². The van der Waals surface area contributed by atoms with E-state index in [4.69, 9.17) is 14.2 Å². The molecule has 174 valence electrons. The molecular formula is C24H20N2O8. The maximum absolute atomic E-state index is 13.8. The summed E-state index contributed by atoms with van der Waals surface area (Å²) in [4.78, 5) is 68.7. The van der Waals surface area contributed by atoms with E-state index in [-0.39, 0.29) is 0 Å². The van der Waals surface area contributed by atoms with Gasteiger partial charge >= 0.3 is 11.9 Å². The summed E-state index contributed by atoms with van der Waals surface area (Å²) in [6.07, 6.45) is 0. The zero-order chi connectivity index (χ0) is 24.3. The van der Waals surface area contributed by atoms with E-state index in [1.165, 1.54) is 0 Å². The number of hydrogen-bond acceptors (Lipinski definition) is 8. The molecule has 34 heavy (non-hydrogen) atoms. The number of piperidine rings is 1. The fraction of sp³-hybridized carbons (Fsp3) is 0.292. The highest BCUT2D eigenvalue weighted by Crippen LogP contribution is 2.64. The van der Waals surface area contributed by atoms with Crippen molar-refractivity contribution >= 4 is 35.3 Å². The van der Waals surface area contributed by atoms with Crippen LogP contribution in [-0.2, 0) is 43.9 Å². The van der Waals surface area contributed by atoms with Gasteiger partial charge in [-0.2, -0.15) is 0 Å². The second kappa shape index (κ2) is 7.49. The molecule has 3 amide bonds. The van der Waals surface area contributed by atoms with E-state index in [0.29, 0.717) is 11.3 Å². The molecule has 0 aromatic heterocycles. The van der Waals surface area contributed by atoms with Gasteiger partial charge < -0.3 is 14.2 Å². The number of nitrogens with zero attached hydrogens (tertiary/aromatic N) is 2. The molecule has 3 saturated heterocycles. The molecule has 3 fully saturated rings. The van der Waals surface area contributed by atoms with Gasteiger partial charge in [0, 0.05) is 5.56 Å². The molecule has 0 unspecified atom stereocenters. The minimum absolute atomic E-state index is 0.293. The molecule has 0 spiro atoms. The molecule has 10 nitrogen and oxygen atoms in total. The predicted octanol–water partition coefficient (Wildman–Crippen LogP) is 0.602. The van der Waals surface area contributed by atoms with Crippen molar-refractivity contribution in [3.05, 3.63) is 66.2 Å². The number of rotatable bonds is 5. The van der Waals surface area contributed by atoms with E-state index in [2.05, 4.69) is 0 Å². The largest absolute Gasteiger partial charge is 0.468 e. The molecular weight excluding hydrogens is 444 g/mol. The van der Waals surface area contributed by atoms with Crippen molar-refractivity contribution in [2.75, 3.05) is 25.7 Å². The molecule has 0 saturated carbocycles. The number of para-hydroxylation sites is 1. The minimum atomic E-state index is -2.43. The number of amides is 3. The third-order valence-corrected chi connectivity index (χ3v) is 6.65. The first-order valence-corrected chi connectivity index (χ1v) is 10.5. The highest BCUT2D eigenvalue weighted by atomic mass is 16.6. The maximum atomic E-state index is 13.8. The van der Waals surface area contributed by atoms with Crippen LogP contribution in [0.1, 0.15) is 5.56 Å². The topological polar surface area (TPSA) is 120 Å². The lowest BCUT2D eigenvalue weighted by Crippen LogP contribution is -2.62. The second-order valence-corrected chi connectivity index (χ2v) is 8.16. The first-order valence-electron chi connectivity index (χ1n) is 10.5. The number of anilines is 1. The van der Waals surface area contributed by atoms with Crippen LogP contribution in [0.3, 0.4) is 0 Å². The Hall–Kier alpha value is -4.05. The lowest BCUT2D eigenvalue weighted by atomic mass is 9.72. The van der Waals surface area contributed by atoms with Gasteiger partial charge in [0.1, 0.15) is 18.4 Å². The van der Waals surface area contributed by atoms with Gasteiger partial charge in [-0.25, -0.2) is 9.69 Å². The van der Waals surface area contributed by atoms with Crippen molar-refractivity contribution in [2.45, 2.75) is 11.3 Å². The molecule has 2 aromatic carbocycles. The zero-order valence-electron chi connectivity index (χ0n) is 18.3. The van der Waals surface area contributed by atoms with Crippen LogP contribution >= 0.6 is 0 Å². The number of carbonyl (C=O) groups excluding carboxylic acids is 5. The lowest BCUT2D eigenvalue weighted by Gasteiger charge is -2.40. The summed E-state index contributed by atoms with van der Waals surface area (Å²) in [5.74, 6) is -7.03. The molecule has 5 rings (SSSR count).